The number of carbonyl (C=O) groups excluding carboxylic acids is 1. The summed E-state index contributed by atoms with van der Waals surface area (Å²) in [6.45, 7) is 5.59. The first-order valence-electron chi connectivity index (χ1n) is 8.51. The Kier molecular flexibility index (Phi) is 6.44. The summed E-state index contributed by atoms with van der Waals surface area (Å²) >= 11 is 0. The van der Waals surface area contributed by atoms with Crippen molar-refractivity contribution < 1.29 is 4.79 Å². The van der Waals surface area contributed by atoms with Crippen molar-refractivity contribution in [2.75, 3.05) is 18.4 Å². The second-order valence-electron chi connectivity index (χ2n) is 6.44. The van der Waals surface area contributed by atoms with Gasteiger partial charge >= 0.3 is 0 Å². The van der Waals surface area contributed by atoms with Crippen molar-refractivity contribution >= 4 is 17.6 Å². The van der Waals surface area contributed by atoms with E-state index in [1.807, 2.05) is 12.1 Å². The Balaban J connectivity index is 1.68. The molecular formula is C18H28N4O. The highest BCUT2D eigenvalue weighted by atomic mass is 16.1. The highest BCUT2D eigenvalue weighted by Gasteiger charge is 2.24. The number of amides is 1. The monoisotopic (exact) mass is 316 g/mol. The molecule has 0 saturated heterocycles. The van der Waals surface area contributed by atoms with E-state index in [0.29, 0.717) is 25.0 Å². The van der Waals surface area contributed by atoms with E-state index in [-0.39, 0.29) is 11.8 Å². The van der Waals surface area contributed by atoms with Gasteiger partial charge in [-0.05, 0) is 42.9 Å². The predicted molar refractivity (Wildman–Crippen MR) is 95.6 cm³/mol. The average molecular weight is 316 g/mol. The zero-order valence-corrected chi connectivity index (χ0v) is 14.1. The normalized spacial score (nSPS) is 15.3. The largest absolute Gasteiger partial charge is 0.370 e. The molecule has 5 heteroatoms. The van der Waals surface area contributed by atoms with E-state index in [0.717, 1.165) is 24.9 Å². The molecule has 0 radical (unpaired) electrons. The standard InChI is InChI=1S/C18H28N4O/c1-13(2)15-8-4-9-16(12-15)22-18(19)21-11-5-10-20-17(23)14-6-3-7-14/h4,8-9,12-14H,3,5-7,10-11H2,1-2H3,(H,20,23)(H3,19,21,22). The minimum atomic E-state index is 0.192. The van der Waals surface area contributed by atoms with Crippen molar-refractivity contribution in [3.05, 3.63) is 29.8 Å². The van der Waals surface area contributed by atoms with E-state index >= 15 is 0 Å². The van der Waals surface area contributed by atoms with Crippen LogP contribution < -0.4 is 16.4 Å². The van der Waals surface area contributed by atoms with Gasteiger partial charge in [0.25, 0.3) is 0 Å². The van der Waals surface area contributed by atoms with E-state index in [2.05, 4.69) is 41.6 Å². The van der Waals surface area contributed by atoms with Crippen LogP contribution in [-0.4, -0.2) is 25.0 Å². The van der Waals surface area contributed by atoms with Gasteiger partial charge in [-0.3, -0.25) is 9.79 Å². The molecular weight excluding hydrogens is 288 g/mol. The SMILES string of the molecule is CC(C)c1cccc(NC(N)=NCCCNC(=O)C2CCC2)c1. The van der Waals surface area contributed by atoms with Crippen LogP contribution in [0.5, 0.6) is 0 Å². The summed E-state index contributed by atoms with van der Waals surface area (Å²) in [4.78, 5) is 16.0. The zero-order chi connectivity index (χ0) is 16.7. The summed E-state index contributed by atoms with van der Waals surface area (Å²) in [6, 6.07) is 8.19. The first-order valence-corrected chi connectivity index (χ1v) is 8.51. The molecule has 4 N–H and O–H groups in total. The number of nitrogens with zero attached hydrogens (tertiary/aromatic N) is 1. The topological polar surface area (TPSA) is 79.5 Å². The van der Waals surface area contributed by atoms with Crippen LogP contribution in [0.25, 0.3) is 0 Å². The van der Waals surface area contributed by atoms with Gasteiger partial charge in [0.05, 0.1) is 0 Å². The van der Waals surface area contributed by atoms with E-state index in [1.54, 1.807) is 0 Å². The van der Waals surface area contributed by atoms with Gasteiger partial charge in [-0.15, -0.1) is 0 Å². The molecule has 1 aromatic carbocycles. The van der Waals surface area contributed by atoms with Gasteiger partial charge in [-0.2, -0.15) is 0 Å². The smallest absolute Gasteiger partial charge is 0.223 e. The summed E-state index contributed by atoms with van der Waals surface area (Å²) in [5, 5.41) is 6.07. The fourth-order valence-electron chi connectivity index (χ4n) is 2.47. The highest BCUT2D eigenvalue weighted by molar-refractivity contribution is 5.92. The van der Waals surface area contributed by atoms with Crippen LogP contribution in [0, 0.1) is 5.92 Å². The molecule has 1 aliphatic rings. The second kappa shape index (κ2) is 8.56. The van der Waals surface area contributed by atoms with Gasteiger partial charge in [0.1, 0.15) is 0 Å². The molecule has 0 heterocycles. The molecule has 0 spiro atoms. The summed E-state index contributed by atoms with van der Waals surface area (Å²) < 4.78 is 0. The van der Waals surface area contributed by atoms with Crippen molar-refractivity contribution in [3.8, 4) is 0 Å². The molecule has 1 saturated carbocycles. The number of aliphatic imine (C=N–C) groups is 1. The van der Waals surface area contributed by atoms with E-state index in [1.165, 1.54) is 12.0 Å². The fourth-order valence-corrected chi connectivity index (χ4v) is 2.47. The summed E-state index contributed by atoms with van der Waals surface area (Å²) in [5.74, 6) is 1.33. The lowest BCUT2D eigenvalue weighted by molar-refractivity contribution is -0.127. The number of nitrogens with two attached hydrogens (primary N) is 1. The van der Waals surface area contributed by atoms with Crippen LogP contribution in [0.1, 0.15) is 51.0 Å². The van der Waals surface area contributed by atoms with Gasteiger partial charge in [-0.25, -0.2) is 0 Å². The lowest BCUT2D eigenvalue weighted by Crippen LogP contribution is -2.35. The van der Waals surface area contributed by atoms with Crippen LogP contribution in [0.4, 0.5) is 5.69 Å². The molecule has 0 bridgehead atoms. The van der Waals surface area contributed by atoms with Crippen LogP contribution in [0.15, 0.2) is 29.3 Å². The minimum Gasteiger partial charge on any atom is -0.370 e. The summed E-state index contributed by atoms with van der Waals surface area (Å²) in [7, 11) is 0. The van der Waals surface area contributed by atoms with Gasteiger partial charge < -0.3 is 16.4 Å². The number of nitrogens with one attached hydrogen (secondary N) is 2. The van der Waals surface area contributed by atoms with Crippen LogP contribution in [-0.2, 0) is 4.79 Å². The Hall–Kier alpha value is -2.04. The first-order chi connectivity index (χ1) is 11.1. The number of carbonyl (C=O) groups is 1. The van der Waals surface area contributed by atoms with Gasteiger partial charge in [0, 0.05) is 24.7 Å². The Bertz CT molecular complexity index is 550. The quantitative estimate of drug-likeness (QED) is 0.411. The van der Waals surface area contributed by atoms with Crippen LogP contribution >= 0.6 is 0 Å². The van der Waals surface area contributed by atoms with Crippen molar-refractivity contribution in [1.82, 2.24) is 5.32 Å². The van der Waals surface area contributed by atoms with Gasteiger partial charge in [0.2, 0.25) is 5.91 Å². The molecule has 1 amide bonds. The maximum Gasteiger partial charge on any atom is 0.223 e. The second-order valence-corrected chi connectivity index (χ2v) is 6.44. The van der Waals surface area contributed by atoms with Crippen molar-refractivity contribution in [2.24, 2.45) is 16.6 Å². The molecule has 1 fully saturated rings. The average Bonchev–Trinajstić information content (AvgIpc) is 2.45. The van der Waals surface area contributed by atoms with Crippen LogP contribution in [0.3, 0.4) is 0 Å². The van der Waals surface area contributed by atoms with Gasteiger partial charge in [-0.1, -0.05) is 32.4 Å². The molecule has 1 aliphatic carbocycles. The van der Waals surface area contributed by atoms with Crippen molar-refractivity contribution in [1.29, 1.82) is 0 Å². The Morgan fingerprint density at radius 2 is 2.17 bits per heavy atom. The number of hydrogen-bond acceptors (Lipinski definition) is 2. The molecule has 0 aromatic heterocycles. The summed E-state index contributed by atoms with van der Waals surface area (Å²) in [6.07, 6.45) is 4.06. The molecule has 23 heavy (non-hydrogen) atoms. The maximum atomic E-state index is 11.7. The minimum absolute atomic E-state index is 0.192. The molecule has 1 aromatic rings. The first kappa shape index (κ1) is 17.3. The highest BCUT2D eigenvalue weighted by Crippen LogP contribution is 2.26. The zero-order valence-electron chi connectivity index (χ0n) is 14.1. The van der Waals surface area contributed by atoms with Gasteiger partial charge in [0.15, 0.2) is 5.96 Å². The van der Waals surface area contributed by atoms with E-state index < -0.39 is 0 Å². The fraction of sp³-hybridized carbons (Fsp3) is 0.556. The molecule has 126 valence electrons. The number of rotatable bonds is 7. The molecule has 5 nitrogen and oxygen atoms in total. The Morgan fingerprint density at radius 1 is 1.39 bits per heavy atom. The molecule has 0 unspecified atom stereocenters. The number of guanidine groups is 1. The number of anilines is 1. The molecule has 0 aliphatic heterocycles. The molecule has 0 atom stereocenters. The number of benzene rings is 1. The Morgan fingerprint density at radius 3 is 2.83 bits per heavy atom. The van der Waals surface area contributed by atoms with Crippen molar-refractivity contribution in [2.45, 2.75) is 45.4 Å². The predicted octanol–water partition coefficient (Wildman–Crippen LogP) is 2.84. The lowest BCUT2D eigenvalue weighted by Gasteiger charge is -2.23. The maximum absolute atomic E-state index is 11.7. The Labute approximate surface area is 138 Å². The molecule has 2 rings (SSSR count). The lowest BCUT2D eigenvalue weighted by atomic mass is 9.85. The van der Waals surface area contributed by atoms with E-state index in [4.69, 9.17) is 5.73 Å². The van der Waals surface area contributed by atoms with Crippen molar-refractivity contribution in [3.63, 3.8) is 0 Å². The van der Waals surface area contributed by atoms with E-state index in [9.17, 15) is 4.79 Å². The number of hydrogen-bond donors (Lipinski definition) is 3. The third kappa shape index (κ3) is 5.58. The summed E-state index contributed by atoms with van der Waals surface area (Å²) in [5.41, 5.74) is 8.12. The van der Waals surface area contributed by atoms with Crippen LogP contribution in [0.2, 0.25) is 0 Å². The third-order valence-electron chi connectivity index (χ3n) is 4.22. The third-order valence-corrected chi connectivity index (χ3v) is 4.22.